The minimum Gasteiger partial charge on any atom is -0.442 e. The van der Waals surface area contributed by atoms with Gasteiger partial charge in [-0.1, -0.05) is 6.92 Å². The van der Waals surface area contributed by atoms with Crippen molar-refractivity contribution in [3.63, 3.8) is 0 Å². The lowest BCUT2D eigenvalue weighted by Crippen LogP contribution is -2.34. The molecular weight excluding hydrogens is 298 g/mol. The second-order valence-electron chi connectivity index (χ2n) is 5.72. The summed E-state index contributed by atoms with van der Waals surface area (Å²) in [5.74, 6) is -0.0279. The van der Waals surface area contributed by atoms with Crippen LogP contribution in [0.25, 0.3) is 0 Å². The number of carbonyl (C=O) groups excluding carboxylic acids is 3. The Morgan fingerprint density at radius 1 is 1.39 bits per heavy atom. The van der Waals surface area contributed by atoms with E-state index >= 15 is 0 Å². The van der Waals surface area contributed by atoms with Gasteiger partial charge in [-0.05, 0) is 23.8 Å². The van der Waals surface area contributed by atoms with Crippen LogP contribution < -0.4 is 15.1 Å². The predicted octanol–water partition coefficient (Wildman–Crippen LogP) is 1.06. The van der Waals surface area contributed by atoms with E-state index < -0.39 is 6.09 Å². The molecule has 122 valence electrons. The Labute approximate surface area is 134 Å². The molecule has 2 heterocycles. The van der Waals surface area contributed by atoms with Crippen molar-refractivity contribution in [2.75, 3.05) is 29.9 Å². The third-order valence-corrected chi connectivity index (χ3v) is 4.17. The predicted molar refractivity (Wildman–Crippen MR) is 84.5 cm³/mol. The van der Waals surface area contributed by atoms with Crippen LogP contribution in [0.4, 0.5) is 16.2 Å². The van der Waals surface area contributed by atoms with Gasteiger partial charge in [-0.3, -0.25) is 14.5 Å². The van der Waals surface area contributed by atoms with Crippen molar-refractivity contribution in [1.82, 2.24) is 5.32 Å². The van der Waals surface area contributed by atoms with Crippen molar-refractivity contribution >= 4 is 29.3 Å². The smallest absolute Gasteiger partial charge is 0.414 e. The minimum atomic E-state index is -0.432. The number of fused-ring (bicyclic) bond motifs is 1. The van der Waals surface area contributed by atoms with Gasteiger partial charge < -0.3 is 15.0 Å². The molecule has 3 rings (SSSR count). The normalized spacial score (nSPS) is 19.8. The number of hydrogen-bond donors (Lipinski definition) is 1. The van der Waals surface area contributed by atoms with Gasteiger partial charge in [-0.2, -0.15) is 0 Å². The van der Waals surface area contributed by atoms with Crippen LogP contribution in [0.15, 0.2) is 18.2 Å². The molecule has 0 aliphatic carbocycles. The lowest BCUT2D eigenvalue weighted by molar-refractivity contribution is -0.121. The van der Waals surface area contributed by atoms with Crippen LogP contribution in [0.5, 0.6) is 0 Å². The molecule has 0 saturated carbocycles. The molecule has 0 bridgehead atoms. The van der Waals surface area contributed by atoms with Gasteiger partial charge in [0.15, 0.2) is 0 Å². The Morgan fingerprint density at radius 2 is 2.17 bits per heavy atom. The zero-order valence-electron chi connectivity index (χ0n) is 13.2. The van der Waals surface area contributed by atoms with Gasteiger partial charge in [0.25, 0.3) is 0 Å². The maximum atomic E-state index is 12.0. The first-order valence-corrected chi connectivity index (χ1v) is 7.64. The highest BCUT2D eigenvalue weighted by Gasteiger charge is 2.33. The van der Waals surface area contributed by atoms with E-state index in [0.717, 1.165) is 11.3 Å². The number of anilines is 2. The average molecular weight is 317 g/mol. The molecule has 0 spiro atoms. The Morgan fingerprint density at radius 3 is 2.91 bits per heavy atom. The lowest BCUT2D eigenvalue weighted by Gasteiger charge is -2.15. The quantitative estimate of drug-likeness (QED) is 0.900. The van der Waals surface area contributed by atoms with Crippen LogP contribution in [-0.2, 0) is 20.7 Å². The number of nitrogens with zero attached hydrogens (tertiary/aromatic N) is 2. The highest BCUT2D eigenvalue weighted by Crippen LogP contribution is 2.32. The van der Waals surface area contributed by atoms with E-state index in [1.165, 1.54) is 4.90 Å². The Balaban J connectivity index is 1.71. The van der Waals surface area contributed by atoms with Gasteiger partial charge in [0, 0.05) is 24.8 Å². The SMILES string of the molecule is CCC(=O)NCC1CN(c2ccc3c(c2)CC(=O)N3C)C(=O)O1. The molecule has 0 radical (unpaired) electrons. The van der Waals surface area contributed by atoms with Crippen molar-refractivity contribution in [2.24, 2.45) is 0 Å². The number of ether oxygens (including phenoxy) is 1. The van der Waals surface area contributed by atoms with E-state index in [1.807, 2.05) is 18.2 Å². The van der Waals surface area contributed by atoms with Crippen LogP contribution in [0.2, 0.25) is 0 Å². The van der Waals surface area contributed by atoms with Crippen LogP contribution in [0.1, 0.15) is 18.9 Å². The summed E-state index contributed by atoms with van der Waals surface area (Å²) in [7, 11) is 1.74. The molecule has 2 aliphatic rings. The zero-order valence-corrected chi connectivity index (χ0v) is 13.2. The fraction of sp³-hybridized carbons (Fsp3) is 0.438. The molecule has 1 aromatic carbocycles. The maximum Gasteiger partial charge on any atom is 0.414 e. The fourth-order valence-electron chi connectivity index (χ4n) is 2.82. The first-order valence-electron chi connectivity index (χ1n) is 7.64. The molecule has 7 heteroatoms. The van der Waals surface area contributed by atoms with Crippen molar-refractivity contribution in [1.29, 1.82) is 0 Å². The summed E-state index contributed by atoms with van der Waals surface area (Å²) < 4.78 is 5.28. The number of amides is 3. The monoisotopic (exact) mass is 317 g/mol. The van der Waals surface area contributed by atoms with Crippen molar-refractivity contribution in [3.05, 3.63) is 23.8 Å². The molecule has 1 saturated heterocycles. The van der Waals surface area contributed by atoms with Crippen LogP contribution >= 0.6 is 0 Å². The van der Waals surface area contributed by atoms with Gasteiger partial charge in [0.05, 0.1) is 19.5 Å². The molecule has 1 fully saturated rings. The molecule has 23 heavy (non-hydrogen) atoms. The second kappa shape index (κ2) is 5.91. The molecule has 1 atom stereocenters. The van der Waals surface area contributed by atoms with Crippen LogP contribution in [0.3, 0.4) is 0 Å². The van der Waals surface area contributed by atoms with Gasteiger partial charge in [0.2, 0.25) is 11.8 Å². The van der Waals surface area contributed by atoms with Gasteiger partial charge >= 0.3 is 6.09 Å². The largest absolute Gasteiger partial charge is 0.442 e. The van der Waals surface area contributed by atoms with Crippen molar-refractivity contribution in [2.45, 2.75) is 25.9 Å². The Kier molecular flexibility index (Phi) is 3.94. The number of carbonyl (C=O) groups is 3. The summed E-state index contributed by atoms with van der Waals surface area (Å²) >= 11 is 0. The van der Waals surface area contributed by atoms with E-state index in [0.29, 0.717) is 31.6 Å². The molecule has 2 aliphatic heterocycles. The molecule has 1 unspecified atom stereocenters. The topological polar surface area (TPSA) is 79.0 Å². The minimum absolute atomic E-state index is 0.0429. The third-order valence-electron chi connectivity index (χ3n) is 4.17. The van der Waals surface area contributed by atoms with Crippen molar-refractivity contribution < 1.29 is 19.1 Å². The number of rotatable bonds is 4. The van der Waals surface area contributed by atoms with Crippen molar-refractivity contribution in [3.8, 4) is 0 Å². The summed E-state index contributed by atoms with van der Waals surface area (Å²) in [5.41, 5.74) is 2.49. The van der Waals surface area contributed by atoms with Crippen LogP contribution in [0, 0.1) is 0 Å². The second-order valence-corrected chi connectivity index (χ2v) is 5.72. The maximum absolute atomic E-state index is 12.0. The molecule has 1 N–H and O–H groups in total. The van der Waals surface area contributed by atoms with E-state index in [2.05, 4.69) is 5.32 Å². The van der Waals surface area contributed by atoms with E-state index in [4.69, 9.17) is 4.74 Å². The zero-order chi connectivity index (χ0) is 16.6. The van der Waals surface area contributed by atoms with Gasteiger partial charge in [0.1, 0.15) is 6.10 Å². The van der Waals surface area contributed by atoms with E-state index in [-0.39, 0.29) is 17.9 Å². The summed E-state index contributed by atoms with van der Waals surface area (Å²) in [4.78, 5) is 38.2. The fourth-order valence-corrected chi connectivity index (χ4v) is 2.82. The first-order chi connectivity index (χ1) is 11.0. The molecule has 1 aromatic rings. The Bertz CT molecular complexity index is 673. The highest BCUT2D eigenvalue weighted by molar-refractivity contribution is 6.02. The number of hydrogen-bond acceptors (Lipinski definition) is 4. The molecule has 7 nitrogen and oxygen atoms in total. The average Bonchev–Trinajstić information content (AvgIpc) is 3.05. The molecule has 3 amide bonds. The molecule has 0 aromatic heterocycles. The summed E-state index contributed by atoms with van der Waals surface area (Å²) in [5, 5.41) is 2.73. The standard InChI is InChI=1S/C16H19N3O4/c1-3-14(20)17-8-12-9-19(16(22)23-12)11-4-5-13-10(6-11)7-15(21)18(13)2/h4-6,12H,3,7-9H2,1-2H3,(H,17,20). The third kappa shape index (κ3) is 2.86. The lowest BCUT2D eigenvalue weighted by atomic mass is 10.1. The Hall–Kier alpha value is -2.57. The number of likely N-dealkylation sites (N-methyl/N-ethyl adjacent to an activating group) is 1. The van der Waals surface area contributed by atoms with Gasteiger partial charge in [-0.25, -0.2) is 4.79 Å². The number of nitrogens with one attached hydrogen (secondary N) is 1. The number of benzene rings is 1. The molecular formula is C16H19N3O4. The summed E-state index contributed by atoms with van der Waals surface area (Å²) in [6, 6.07) is 5.50. The summed E-state index contributed by atoms with van der Waals surface area (Å²) in [6.45, 7) is 2.46. The van der Waals surface area contributed by atoms with E-state index in [9.17, 15) is 14.4 Å². The number of cyclic esters (lactones) is 1. The first kappa shape index (κ1) is 15.3. The summed E-state index contributed by atoms with van der Waals surface area (Å²) in [6.07, 6.45) is -0.0519. The van der Waals surface area contributed by atoms with Gasteiger partial charge in [-0.15, -0.1) is 0 Å². The highest BCUT2D eigenvalue weighted by atomic mass is 16.6. The van der Waals surface area contributed by atoms with E-state index in [1.54, 1.807) is 18.9 Å². The van der Waals surface area contributed by atoms with Crippen LogP contribution in [-0.4, -0.2) is 44.1 Å².